The van der Waals surface area contributed by atoms with E-state index in [1.807, 2.05) is 4.57 Å². The standard InChI is InChI=1S/C19H27FN6O/c1-13(2)12-26-18(23-14(3)22-9-6-10-27)17(11-21)25-19(26)24-16-8-5-4-7-15(16)20/h4-5,7-8,11,13,21-23,27H,3,6,9-10,12H2,1-2H3,(H,24,25). The molecule has 0 amide bonds. The number of benzene rings is 1. The minimum atomic E-state index is -0.377. The maximum Gasteiger partial charge on any atom is 0.209 e. The van der Waals surface area contributed by atoms with E-state index in [9.17, 15) is 4.39 Å². The van der Waals surface area contributed by atoms with Gasteiger partial charge in [-0.25, -0.2) is 9.37 Å². The minimum absolute atomic E-state index is 0.0913. The first-order valence-electron chi connectivity index (χ1n) is 8.89. The second-order valence-corrected chi connectivity index (χ2v) is 6.53. The van der Waals surface area contributed by atoms with Crippen molar-refractivity contribution in [2.24, 2.45) is 5.92 Å². The summed E-state index contributed by atoms with van der Waals surface area (Å²) in [4.78, 5) is 4.44. The van der Waals surface area contributed by atoms with E-state index in [2.05, 4.69) is 41.4 Å². The summed E-state index contributed by atoms with van der Waals surface area (Å²) >= 11 is 0. The number of hydrogen-bond acceptors (Lipinski definition) is 6. The van der Waals surface area contributed by atoms with Crippen molar-refractivity contribution in [2.45, 2.75) is 26.8 Å². The third-order valence-corrected chi connectivity index (χ3v) is 3.74. The molecule has 146 valence electrons. The van der Waals surface area contributed by atoms with Crippen molar-refractivity contribution in [1.82, 2.24) is 14.9 Å². The van der Waals surface area contributed by atoms with Crippen LogP contribution in [0.5, 0.6) is 0 Å². The molecule has 2 rings (SSSR count). The quantitative estimate of drug-likeness (QED) is 0.307. The number of nitrogens with one attached hydrogen (secondary N) is 4. The van der Waals surface area contributed by atoms with Crippen LogP contribution in [0.3, 0.4) is 0 Å². The number of halogens is 1. The van der Waals surface area contributed by atoms with Crippen molar-refractivity contribution in [1.29, 1.82) is 5.41 Å². The summed E-state index contributed by atoms with van der Waals surface area (Å²) in [6.45, 7) is 9.33. The number of nitrogens with zero attached hydrogens (tertiary/aromatic N) is 2. The lowest BCUT2D eigenvalue weighted by Gasteiger charge is -2.18. The number of aromatic nitrogens is 2. The summed E-state index contributed by atoms with van der Waals surface area (Å²) in [5, 5.41) is 25.8. The van der Waals surface area contributed by atoms with Gasteiger partial charge in [0.05, 0.1) is 11.5 Å². The van der Waals surface area contributed by atoms with E-state index < -0.39 is 0 Å². The van der Waals surface area contributed by atoms with Crippen LogP contribution in [0.1, 0.15) is 26.0 Å². The predicted octanol–water partition coefficient (Wildman–Crippen LogP) is 3.27. The van der Waals surface area contributed by atoms with Crippen LogP contribution < -0.4 is 16.0 Å². The molecule has 7 nitrogen and oxygen atoms in total. The summed E-state index contributed by atoms with van der Waals surface area (Å²) < 4.78 is 15.9. The second-order valence-electron chi connectivity index (χ2n) is 6.53. The van der Waals surface area contributed by atoms with Crippen molar-refractivity contribution in [3.8, 4) is 0 Å². The Balaban J connectivity index is 2.33. The molecule has 0 aliphatic rings. The monoisotopic (exact) mass is 374 g/mol. The predicted molar refractivity (Wildman–Crippen MR) is 107 cm³/mol. The van der Waals surface area contributed by atoms with Gasteiger partial charge in [-0.1, -0.05) is 32.6 Å². The Morgan fingerprint density at radius 2 is 2.15 bits per heavy atom. The van der Waals surface area contributed by atoms with Crippen LogP contribution >= 0.6 is 0 Å². The highest BCUT2D eigenvalue weighted by molar-refractivity contribution is 5.84. The van der Waals surface area contributed by atoms with Gasteiger partial charge in [-0.05, 0) is 24.5 Å². The first-order chi connectivity index (χ1) is 13.0. The average Bonchev–Trinajstić information content (AvgIpc) is 2.93. The van der Waals surface area contributed by atoms with E-state index in [0.29, 0.717) is 54.4 Å². The summed E-state index contributed by atoms with van der Waals surface area (Å²) in [7, 11) is 0. The van der Waals surface area contributed by atoms with Gasteiger partial charge < -0.3 is 26.5 Å². The van der Waals surface area contributed by atoms with Crippen molar-refractivity contribution >= 4 is 23.7 Å². The van der Waals surface area contributed by atoms with Gasteiger partial charge in [0, 0.05) is 25.9 Å². The Kier molecular flexibility index (Phi) is 7.36. The molecule has 2 aromatic rings. The minimum Gasteiger partial charge on any atom is -0.396 e. The molecule has 1 aromatic heterocycles. The molecular formula is C19H27FN6O. The van der Waals surface area contributed by atoms with E-state index in [0.717, 1.165) is 6.21 Å². The van der Waals surface area contributed by atoms with E-state index >= 15 is 0 Å². The molecule has 0 saturated carbocycles. The first-order valence-corrected chi connectivity index (χ1v) is 8.89. The fourth-order valence-electron chi connectivity index (χ4n) is 2.53. The fraction of sp³-hybridized carbons (Fsp3) is 0.368. The molecule has 1 heterocycles. The average molecular weight is 374 g/mol. The van der Waals surface area contributed by atoms with E-state index in [4.69, 9.17) is 10.5 Å². The molecule has 0 aliphatic carbocycles. The number of anilines is 3. The highest BCUT2D eigenvalue weighted by Crippen LogP contribution is 2.26. The highest BCUT2D eigenvalue weighted by atomic mass is 19.1. The molecule has 8 heteroatoms. The van der Waals surface area contributed by atoms with Gasteiger partial charge in [-0.3, -0.25) is 4.57 Å². The van der Waals surface area contributed by atoms with Crippen LogP contribution in [-0.4, -0.2) is 34.0 Å². The van der Waals surface area contributed by atoms with Gasteiger partial charge >= 0.3 is 0 Å². The second kappa shape index (κ2) is 9.72. The van der Waals surface area contributed by atoms with Crippen LogP contribution in [0.2, 0.25) is 0 Å². The van der Waals surface area contributed by atoms with Crippen molar-refractivity contribution < 1.29 is 9.50 Å². The smallest absolute Gasteiger partial charge is 0.209 e. The van der Waals surface area contributed by atoms with Crippen LogP contribution in [-0.2, 0) is 6.54 Å². The van der Waals surface area contributed by atoms with Crippen LogP contribution in [0.4, 0.5) is 21.8 Å². The summed E-state index contributed by atoms with van der Waals surface area (Å²) in [5.74, 6) is 1.50. The molecule has 0 bridgehead atoms. The zero-order valence-electron chi connectivity index (χ0n) is 15.7. The number of aliphatic hydroxyl groups excluding tert-OH is 1. The number of imidazole rings is 1. The first kappa shape index (κ1) is 20.4. The Bertz CT molecular complexity index is 787. The molecule has 1 aromatic carbocycles. The molecule has 0 aliphatic heterocycles. The lowest BCUT2D eigenvalue weighted by atomic mass is 10.2. The number of aliphatic hydroxyl groups is 1. The molecular weight excluding hydrogens is 347 g/mol. The van der Waals surface area contributed by atoms with Gasteiger partial charge in [-0.2, -0.15) is 0 Å². The summed E-state index contributed by atoms with van der Waals surface area (Å²) in [6.07, 6.45) is 1.75. The summed E-state index contributed by atoms with van der Waals surface area (Å²) in [5.41, 5.74) is 0.732. The maximum atomic E-state index is 14.0. The molecule has 0 atom stereocenters. The molecule has 27 heavy (non-hydrogen) atoms. The number of rotatable bonds is 11. The van der Waals surface area contributed by atoms with E-state index in [-0.39, 0.29) is 12.4 Å². The van der Waals surface area contributed by atoms with Crippen molar-refractivity contribution in [3.63, 3.8) is 0 Å². The van der Waals surface area contributed by atoms with Gasteiger partial charge in [-0.15, -0.1) is 0 Å². The molecule has 0 radical (unpaired) electrons. The molecule has 0 saturated heterocycles. The Morgan fingerprint density at radius 3 is 2.78 bits per heavy atom. The van der Waals surface area contributed by atoms with Crippen LogP contribution in [0.15, 0.2) is 36.7 Å². The van der Waals surface area contributed by atoms with E-state index in [1.165, 1.54) is 6.07 Å². The Hall–Kier alpha value is -2.87. The fourth-order valence-corrected chi connectivity index (χ4v) is 2.53. The van der Waals surface area contributed by atoms with Gasteiger partial charge in [0.1, 0.15) is 17.3 Å². The van der Waals surface area contributed by atoms with Gasteiger partial charge in [0.15, 0.2) is 0 Å². The molecule has 0 spiro atoms. The Labute approximate surface area is 158 Å². The molecule has 5 N–H and O–H groups in total. The molecule has 0 fully saturated rings. The summed E-state index contributed by atoms with van der Waals surface area (Å²) in [6, 6.07) is 6.38. The largest absolute Gasteiger partial charge is 0.396 e. The third kappa shape index (κ3) is 5.55. The SMILES string of the molecule is C=C(NCCCO)Nc1c(C=N)nc(Nc2ccccc2F)n1CC(C)C. The molecule has 0 unspecified atom stereocenters. The van der Waals surface area contributed by atoms with E-state index in [1.54, 1.807) is 18.2 Å². The normalized spacial score (nSPS) is 10.7. The lowest BCUT2D eigenvalue weighted by molar-refractivity contribution is 0.288. The van der Waals surface area contributed by atoms with Crippen molar-refractivity contribution in [3.05, 3.63) is 48.2 Å². The van der Waals surface area contributed by atoms with Crippen LogP contribution in [0.25, 0.3) is 0 Å². The zero-order chi connectivity index (χ0) is 19.8. The topological polar surface area (TPSA) is 98.0 Å². The van der Waals surface area contributed by atoms with Gasteiger partial charge in [0.25, 0.3) is 0 Å². The number of para-hydroxylation sites is 1. The highest BCUT2D eigenvalue weighted by Gasteiger charge is 2.18. The third-order valence-electron chi connectivity index (χ3n) is 3.74. The maximum absolute atomic E-state index is 14.0. The van der Waals surface area contributed by atoms with Gasteiger partial charge in [0.2, 0.25) is 5.95 Å². The number of hydrogen-bond donors (Lipinski definition) is 5. The Morgan fingerprint density at radius 1 is 1.41 bits per heavy atom. The van der Waals surface area contributed by atoms with Crippen molar-refractivity contribution in [2.75, 3.05) is 23.8 Å². The van der Waals surface area contributed by atoms with Crippen LogP contribution in [0, 0.1) is 17.1 Å². The lowest BCUT2D eigenvalue weighted by Crippen LogP contribution is -2.22. The zero-order valence-corrected chi connectivity index (χ0v) is 15.7.